The Morgan fingerprint density at radius 2 is 1.87 bits per heavy atom. The summed E-state index contributed by atoms with van der Waals surface area (Å²) in [7, 11) is 3.34. The van der Waals surface area contributed by atoms with Crippen LogP contribution in [0.5, 0.6) is 6.01 Å². The zero-order valence-electron chi connectivity index (χ0n) is 26.4. The number of piperazine rings is 1. The molecule has 45 heavy (non-hydrogen) atoms. The van der Waals surface area contributed by atoms with Gasteiger partial charge in [0.1, 0.15) is 30.1 Å². The number of halogens is 3. The summed E-state index contributed by atoms with van der Waals surface area (Å²) < 4.78 is 33.4. The Kier molecular flexibility index (Phi) is 8.75. The molecular formula is C31H41BrClFN6O5. The van der Waals surface area contributed by atoms with E-state index in [1.54, 1.807) is 20.2 Å². The Bertz CT molecular complexity index is 1480. The molecule has 6 rings (SSSR count). The third-order valence-electron chi connectivity index (χ3n) is 9.44. The number of benzene rings is 1. The first-order valence-corrected chi connectivity index (χ1v) is 16.8. The van der Waals surface area contributed by atoms with Crippen LogP contribution in [0.3, 0.4) is 0 Å². The average molecular weight is 712 g/mol. The Labute approximate surface area is 276 Å². The molecule has 1 aromatic carbocycles. The van der Waals surface area contributed by atoms with Crippen LogP contribution in [0.4, 0.5) is 19.8 Å². The molecule has 4 atom stereocenters. The molecule has 0 aliphatic carbocycles. The van der Waals surface area contributed by atoms with E-state index in [4.69, 9.17) is 30.8 Å². The summed E-state index contributed by atoms with van der Waals surface area (Å²) in [5, 5.41) is 0.712. The van der Waals surface area contributed by atoms with E-state index in [0.29, 0.717) is 37.5 Å². The molecule has 2 unspecified atom stereocenters. The summed E-state index contributed by atoms with van der Waals surface area (Å²) in [6.07, 6.45) is 4.76. The lowest BCUT2D eigenvalue weighted by molar-refractivity contribution is 0.0122. The van der Waals surface area contributed by atoms with Crippen molar-refractivity contribution < 1.29 is 28.2 Å². The highest BCUT2D eigenvalue weighted by Gasteiger charge is 2.50. The van der Waals surface area contributed by atoms with Crippen molar-refractivity contribution in [2.75, 3.05) is 51.8 Å². The molecule has 246 valence electrons. The van der Waals surface area contributed by atoms with Crippen LogP contribution in [0, 0.1) is 5.82 Å². The predicted octanol–water partition coefficient (Wildman–Crippen LogP) is 5.85. The third kappa shape index (κ3) is 6.24. The number of fused-ring (bicyclic) bond motifs is 4. The second-order valence-electron chi connectivity index (χ2n) is 13.9. The first kappa shape index (κ1) is 32.3. The van der Waals surface area contributed by atoms with Crippen LogP contribution in [0.2, 0.25) is 5.02 Å². The number of aromatic nitrogens is 2. The number of amides is 2. The number of hydrogen-bond acceptors (Lipinski definition) is 9. The second-order valence-corrected chi connectivity index (χ2v) is 15.1. The number of anilines is 1. The zero-order valence-corrected chi connectivity index (χ0v) is 28.8. The van der Waals surface area contributed by atoms with Crippen LogP contribution in [0.15, 0.2) is 10.5 Å². The van der Waals surface area contributed by atoms with Gasteiger partial charge in [-0.15, -0.1) is 0 Å². The molecule has 11 nitrogen and oxygen atoms in total. The number of ether oxygens (including phenoxy) is 3. The molecule has 0 N–H and O–H groups in total. The maximum absolute atomic E-state index is 15.7. The summed E-state index contributed by atoms with van der Waals surface area (Å²) >= 11 is 9.69. The molecule has 0 radical (unpaired) electrons. The summed E-state index contributed by atoms with van der Waals surface area (Å²) in [6, 6.07) is 1.76. The van der Waals surface area contributed by atoms with E-state index in [-0.39, 0.29) is 56.9 Å². The standard InChI is InChI=1S/C31H41BrClFN6O5/c1-30(2,3)45-29(42)40-18-7-8-19(40)15-38(14-18)26-21-13-22(33)23(32)24(34)25(21)35-27(36-26)44-17-31-10-6-12-39(31)20(9-11-31)16-43-28(41)37(4)5/h13,18-20H,6-12,14-17H2,1-5H3/t18-,19+,20?,31?. The van der Waals surface area contributed by atoms with E-state index in [2.05, 4.69) is 30.7 Å². The highest BCUT2D eigenvalue weighted by atomic mass is 79.9. The van der Waals surface area contributed by atoms with E-state index in [0.717, 1.165) is 45.1 Å². The minimum atomic E-state index is -0.588. The molecule has 0 saturated carbocycles. The predicted molar refractivity (Wildman–Crippen MR) is 172 cm³/mol. The fourth-order valence-electron chi connectivity index (χ4n) is 7.42. The smallest absolute Gasteiger partial charge is 0.410 e. The van der Waals surface area contributed by atoms with Gasteiger partial charge < -0.3 is 24.0 Å². The molecule has 4 aliphatic rings. The number of carbonyl (C=O) groups is 2. The topological polar surface area (TPSA) is 101 Å². The van der Waals surface area contributed by atoms with Crippen molar-refractivity contribution in [2.24, 2.45) is 0 Å². The molecular weight excluding hydrogens is 671 g/mol. The molecule has 0 spiro atoms. The summed E-state index contributed by atoms with van der Waals surface area (Å²) in [5.74, 6) is -0.0460. The van der Waals surface area contributed by atoms with Crippen LogP contribution < -0.4 is 9.64 Å². The van der Waals surface area contributed by atoms with Crippen molar-refractivity contribution in [3.05, 3.63) is 21.4 Å². The van der Waals surface area contributed by atoms with E-state index in [1.165, 1.54) is 4.90 Å². The lowest BCUT2D eigenvalue weighted by Gasteiger charge is -2.42. The minimum Gasteiger partial charge on any atom is -0.461 e. The van der Waals surface area contributed by atoms with Gasteiger partial charge in [0.2, 0.25) is 0 Å². The molecule has 2 aromatic rings. The number of hydrogen-bond donors (Lipinski definition) is 0. The molecule has 14 heteroatoms. The van der Waals surface area contributed by atoms with Crippen molar-refractivity contribution in [3.63, 3.8) is 0 Å². The SMILES string of the molecule is CN(C)C(=O)OCC1CCC2(COc3nc(N4C[C@H]5CC[C@@H](C4)N5C(=O)OC(C)(C)C)c4cc(Cl)c(Br)c(F)c4n3)CCCN12. The fourth-order valence-corrected chi connectivity index (χ4v) is 7.91. The molecule has 1 aromatic heterocycles. The molecule has 2 amide bonds. The number of nitrogens with zero attached hydrogens (tertiary/aromatic N) is 6. The van der Waals surface area contributed by atoms with Gasteiger partial charge in [0, 0.05) is 38.6 Å². The first-order valence-electron chi connectivity index (χ1n) is 15.6. The van der Waals surface area contributed by atoms with Gasteiger partial charge >= 0.3 is 18.2 Å². The largest absolute Gasteiger partial charge is 0.461 e. The van der Waals surface area contributed by atoms with E-state index in [9.17, 15) is 9.59 Å². The van der Waals surface area contributed by atoms with E-state index < -0.39 is 11.4 Å². The molecule has 4 aliphatic heterocycles. The van der Waals surface area contributed by atoms with E-state index in [1.807, 2.05) is 25.7 Å². The van der Waals surface area contributed by atoms with Crippen LogP contribution in [0.25, 0.3) is 10.9 Å². The average Bonchev–Trinajstić information content (AvgIpc) is 3.62. The van der Waals surface area contributed by atoms with Crippen molar-refractivity contribution in [2.45, 2.75) is 88.6 Å². The third-order valence-corrected chi connectivity index (χ3v) is 10.7. The quantitative estimate of drug-likeness (QED) is 0.342. The monoisotopic (exact) mass is 710 g/mol. The Balaban J connectivity index is 1.25. The van der Waals surface area contributed by atoms with Crippen molar-refractivity contribution in [1.82, 2.24) is 24.7 Å². The van der Waals surface area contributed by atoms with Gasteiger partial charge in [-0.05, 0) is 87.8 Å². The lowest BCUT2D eigenvalue weighted by atomic mass is 9.95. The fraction of sp³-hybridized carbons (Fsp3) is 0.677. The lowest BCUT2D eigenvalue weighted by Crippen LogP contribution is -2.57. The summed E-state index contributed by atoms with van der Waals surface area (Å²) in [4.78, 5) is 42.3. The van der Waals surface area contributed by atoms with Gasteiger partial charge in [0.05, 0.1) is 27.1 Å². The van der Waals surface area contributed by atoms with Crippen molar-refractivity contribution >= 4 is 56.4 Å². The maximum Gasteiger partial charge on any atom is 0.410 e. The Morgan fingerprint density at radius 1 is 1.16 bits per heavy atom. The molecule has 5 heterocycles. The first-order chi connectivity index (χ1) is 21.3. The van der Waals surface area contributed by atoms with Gasteiger partial charge in [-0.1, -0.05) is 11.6 Å². The summed E-state index contributed by atoms with van der Waals surface area (Å²) in [6.45, 7) is 8.18. The maximum atomic E-state index is 15.7. The van der Waals surface area contributed by atoms with Gasteiger partial charge in [-0.25, -0.2) is 14.0 Å². The molecule has 4 fully saturated rings. The van der Waals surface area contributed by atoms with Crippen LogP contribution in [-0.2, 0) is 9.47 Å². The van der Waals surface area contributed by atoms with Gasteiger partial charge in [0.25, 0.3) is 0 Å². The van der Waals surface area contributed by atoms with Crippen LogP contribution in [0.1, 0.15) is 59.3 Å². The second kappa shape index (κ2) is 12.2. The molecule has 4 saturated heterocycles. The summed E-state index contributed by atoms with van der Waals surface area (Å²) in [5.41, 5.74) is -0.700. The van der Waals surface area contributed by atoms with E-state index >= 15 is 4.39 Å². The zero-order chi connectivity index (χ0) is 32.3. The van der Waals surface area contributed by atoms with Crippen LogP contribution in [-0.4, -0.2) is 113 Å². The minimum absolute atomic E-state index is 0.0632. The Hall–Kier alpha value is -2.64. The van der Waals surface area contributed by atoms with Crippen molar-refractivity contribution in [1.29, 1.82) is 0 Å². The van der Waals surface area contributed by atoms with Gasteiger partial charge in [-0.2, -0.15) is 9.97 Å². The van der Waals surface area contributed by atoms with Gasteiger partial charge in [0.15, 0.2) is 5.82 Å². The normalized spacial score (nSPS) is 26.4. The van der Waals surface area contributed by atoms with Crippen molar-refractivity contribution in [3.8, 4) is 6.01 Å². The number of carbonyl (C=O) groups excluding carboxylic acids is 2. The number of rotatable bonds is 6. The van der Waals surface area contributed by atoms with Gasteiger partial charge in [-0.3, -0.25) is 9.80 Å². The molecule has 2 bridgehead atoms. The highest BCUT2D eigenvalue weighted by Crippen LogP contribution is 2.44. The Morgan fingerprint density at radius 3 is 2.53 bits per heavy atom. The highest BCUT2D eigenvalue weighted by molar-refractivity contribution is 9.10. The van der Waals surface area contributed by atoms with Crippen LogP contribution >= 0.6 is 27.5 Å².